The molecule has 0 saturated carbocycles. The summed E-state index contributed by atoms with van der Waals surface area (Å²) in [5, 5.41) is 14.0. The summed E-state index contributed by atoms with van der Waals surface area (Å²) in [5.74, 6) is -0.174. The van der Waals surface area contributed by atoms with Gasteiger partial charge < -0.3 is 19.8 Å². The Hall–Kier alpha value is -2.58. The SMILES string of the molecule is CC/C=C\C/C=C\C/C=C\C/C=C\C/C=C\C/C=C\C/C=C\CCCCCCCCCCCCCCCCCCCCCC(=O)NC(COP(=O)(O)OCC[N+](C)(C)C)C(O)/C=C/CCCCCCCCCCCCCCCCCCCC. The van der Waals surface area contributed by atoms with Gasteiger partial charge in [-0.1, -0.05) is 329 Å². The third-order valence-corrected chi connectivity index (χ3v) is 16.5. The summed E-state index contributed by atoms with van der Waals surface area (Å²) in [4.78, 5) is 23.4. The van der Waals surface area contributed by atoms with Crippen LogP contribution in [0.3, 0.4) is 0 Å². The fourth-order valence-electron chi connectivity index (χ4n) is 10.1. The minimum absolute atomic E-state index is 0.0606. The second-order valence-electron chi connectivity index (χ2n) is 24.9. The van der Waals surface area contributed by atoms with Gasteiger partial charge in [-0.25, -0.2) is 4.57 Å². The molecule has 0 spiro atoms. The Balaban J connectivity index is 3.99. The molecule has 0 fully saturated rings. The van der Waals surface area contributed by atoms with E-state index >= 15 is 0 Å². The lowest BCUT2D eigenvalue weighted by atomic mass is 10.0. The first kappa shape index (κ1) is 80.4. The quantitative estimate of drug-likeness (QED) is 0.0243. The van der Waals surface area contributed by atoms with E-state index in [4.69, 9.17) is 9.05 Å². The molecular weight excluding hydrogens is 1040 g/mol. The number of phosphoric acid groups is 1. The van der Waals surface area contributed by atoms with Crippen molar-refractivity contribution in [1.29, 1.82) is 0 Å². The monoisotopic (exact) mass is 1180 g/mol. The minimum Gasteiger partial charge on any atom is -0.387 e. The van der Waals surface area contributed by atoms with E-state index in [1.165, 1.54) is 212 Å². The number of likely N-dealkylation sites (N-methyl/N-ethyl adjacent to an activating group) is 1. The molecule has 3 atom stereocenters. The van der Waals surface area contributed by atoms with E-state index in [2.05, 4.69) is 104 Å². The summed E-state index contributed by atoms with van der Waals surface area (Å²) in [6.07, 6.45) is 92.6. The number of aliphatic hydroxyl groups excluding tert-OH is 1. The Morgan fingerprint density at radius 2 is 0.723 bits per heavy atom. The van der Waals surface area contributed by atoms with Crippen molar-refractivity contribution in [2.75, 3.05) is 40.9 Å². The summed E-state index contributed by atoms with van der Waals surface area (Å²) in [5.41, 5.74) is 0. The van der Waals surface area contributed by atoms with Gasteiger partial charge in [0.2, 0.25) is 5.91 Å². The Kier molecular flexibility index (Phi) is 61.9. The summed E-state index contributed by atoms with van der Waals surface area (Å²) < 4.78 is 23.8. The molecule has 0 aromatic heterocycles. The van der Waals surface area contributed by atoms with Crippen LogP contribution < -0.4 is 5.32 Å². The number of hydrogen-bond acceptors (Lipinski definition) is 5. The lowest BCUT2D eigenvalue weighted by Crippen LogP contribution is -2.45. The number of nitrogens with one attached hydrogen (secondary N) is 1. The molecule has 9 heteroatoms. The molecule has 0 rings (SSSR count). The van der Waals surface area contributed by atoms with Gasteiger partial charge in [-0.3, -0.25) is 13.8 Å². The minimum atomic E-state index is -4.35. The van der Waals surface area contributed by atoms with Crippen LogP contribution in [-0.2, 0) is 18.4 Å². The highest BCUT2D eigenvalue weighted by Gasteiger charge is 2.28. The number of quaternary nitrogens is 1. The van der Waals surface area contributed by atoms with E-state index in [1.54, 1.807) is 6.08 Å². The molecule has 3 N–H and O–H groups in total. The standard InChI is InChI=1S/C74H135N2O6P/c1-6-8-10-12-14-16-18-20-22-24-26-28-29-30-31-32-33-34-35-36-37-38-39-40-41-42-43-44-45-46-47-48-50-52-54-56-58-60-62-64-66-68-74(78)75-72(71-82-83(79,80)81-70-69-76(3,4)5)73(77)67-65-63-61-59-57-55-53-51-49-27-25-23-21-19-17-15-13-11-9-7-2/h8,10,14,16,20,22,26,28,30-31,33-34,36-37,65,67,72-73,77H,6-7,9,11-13,15,17-19,21,23-25,27,29,32,35,38-64,66,68-71H2,1-5H3,(H-,75,78,79,80)/p+1/b10-8-,16-14-,22-20-,28-26-,31-30-,34-33-,37-36-,67-65+. The number of amides is 1. The molecule has 0 aliphatic rings. The Morgan fingerprint density at radius 3 is 1.06 bits per heavy atom. The summed E-state index contributed by atoms with van der Waals surface area (Å²) in [7, 11) is 1.58. The van der Waals surface area contributed by atoms with Crippen LogP contribution in [0.1, 0.15) is 316 Å². The fraction of sp³-hybridized carbons (Fsp3) is 0.770. The van der Waals surface area contributed by atoms with Crippen molar-refractivity contribution in [2.45, 2.75) is 328 Å². The first-order valence-electron chi connectivity index (χ1n) is 35.1. The van der Waals surface area contributed by atoms with Crippen LogP contribution in [0.5, 0.6) is 0 Å². The average Bonchev–Trinajstić information content (AvgIpc) is 3.49. The van der Waals surface area contributed by atoms with Crippen LogP contribution in [0, 0.1) is 0 Å². The molecule has 0 aromatic carbocycles. The maximum atomic E-state index is 13.0. The van der Waals surface area contributed by atoms with Crippen molar-refractivity contribution in [1.82, 2.24) is 5.32 Å². The van der Waals surface area contributed by atoms with Crippen molar-refractivity contribution >= 4 is 13.7 Å². The first-order valence-corrected chi connectivity index (χ1v) is 36.6. The second-order valence-corrected chi connectivity index (χ2v) is 26.3. The predicted octanol–water partition coefficient (Wildman–Crippen LogP) is 22.5. The molecule has 8 nitrogen and oxygen atoms in total. The number of allylic oxidation sites excluding steroid dienone is 15. The van der Waals surface area contributed by atoms with E-state index in [-0.39, 0.29) is 19.1 Å². The van der Waals surface area contributed by atoms with Gasteiger partial charge >= 0.3 is 7.82 Å². The number of unbranched alkanes of at least 4 members (excludes halogenated alkanes) is 37. The lowest BCUT2D eigenvalue weighted by Gasteiger charge is -2.25. The Morgan fingerprint density at radius 1 is 0.422 bits per heavy atom. The number of phosphoric ester groups is 1. The van der Waals surface area contributed by atoms with Crippen LogP contribution in [0.2, 0.25) is 0 Å². The van der Waals surface area contributed by atoms with Crippen LogP contribution in [0.4, 0.5) is 0 Å². The first-order chi connectivity index (χ1) is 40.5. The van der Waals surface area contributed by atoms with E-state index in [0.29, 0.717) is 17.4 Å². The average molecular weight is 1180 g/mol. The molecular formula is C74H136N2O6P+. The fourth-order valence-corrected chi connectivity index (χ4v) is 10.9. The van der Waals surface area contributed by atoms with Crippen LogP contribution in [0.25, 0.3) is 0 Å². The van der Waals surface area contributed by atoms with Gasteiger partial charge in [0.1, 0.15) is 13.2 Å². The number of hydrogen-bond donors (Lipinski definition) is 3. The number of carbonyl (C=O) groups is 1. The zero-order valence-electron chi connectivity index (χ0n) is 55.2. The van der Waals surface area contributed by atoms with E-state index in [1.807, 2.05) is 27.2 Å². The summed E-state index contributed by atoms with van der Waals surface area (Å²) >= 11 is 0. The third kappa shape index (κ3) is 66.8. The molecule has 0 aliphatic heterocycles. The lowest BCUT2D eigenvalue weighted by molar-refractivity contribution is -0.870. The van der Waals surface area contributed by atoms with E-state index in [9.17, 15) is 19.4 Å². The van der Waals surface area contributed by atoms with Crippen LogP contribution in [0.15, 0.2) is 97.2 Å². The van der Waals surface area contributed by atoms with Gasteiger partial charge in [0.25, 0.3) is 0 Å². The molecule has 0 saturated heterocycles. The smallest absolute Gasteiger partial charge is 0.387 e. The number of carbonyl (C=O) groups excluding carboxylic acids is 1. The van der Waals surface area contributed by atoms with E-state index in [0.717, 1.165) is 83.5 Å². The maximum absolute atomic E-state index is 13.0. The van der Waals surface area contributed by atoms with Gasteiger partial charge in [0.15, 0.2) is 0 Å². The third-order valence-electron chi connectivity index (χ3n) is 15.6. The molecule has 0 bridgehead atoms. The molecule has 0 heterocycles. The van der Waals surface area contributed by atoms with Crippen molar-refractivity contribution < 1.29 is 32.9 Å². The topological polar surface area (TPSA) is 105 Å². The zero-order chi connectivity index (χ0) is 60.5. The molecule has 1 amide bonds. The van der Waals surface area contributed by atoms with Gasteiger partial charge in [0.05, 0.1) is 39.9 Å². The summed E-state index contributed by atoms with van der Waals surface area (Å²) in [6, 6.07) is -0.850. The number of nitrogens with zero attached hydrogens (tertiary/aromatic N) is 1. The molecule has 83 heavy (non-hydrogen) atoms. The molecule has 0 aromatic rings. The van der Waals surface area contributed by atoms with E-state index < -0.39 is 20.0 Å². The largest absolute Gasteiger partial charge is 0.472 e. The summed E-state index contributed by atoms with van der Waals surface area (Å²) in [6.45, 7) is 4.73. The molecule has 3 unspecified atom stereocenters. The van der Waals surface area contributed by atoms with Crippen molar-refractivity contribution in [3.8, 4) is 0 Å². The van der Waals surface area contributed by atoms with Crippen LogP contribution in [-0.4, -0.2) is 73.4 Å². The number of aliphatic hydroxyl groups is 1. The highest BCUT2D eigenvalue weighted by atomic mass is 31.2. The van der Waals surface area contributed by atoms with Gasteiger partial charge in [-0.15, -0.1) is 0 Å². The second kappa shape index (κ2) is 63.9. The van der Waals surface area contributed by atoms with Crippen molar-refractivity contribution in [3.63, 3.8) is 0 Å². The van der Waals surface area contributed by atoms with Gasteiger partial charge in [0, 0.05) is 6.42 Å². The zero-order valence-corrected chi connectivity index (χ0v) is 56.1. The highest BCUT2D eigenvalue weighted by Crippen LogP contribution is 2.43. The normalized spacial score (nSPS) is 14.3. The van der Waals surface area contributed by atoms with Gasteiger partial charge in [-0.05, 0) is 77.0 Å². The Labute approximate surface area is 515 Å². The van der Waals surface area contributed by atoms with Crippen molar-refractivity contribution in [2.24, 2.45) is 0 Å². The van der Waals surface area contributed by atoms with Gasteiger partial charge in [-0.2, -0.15) is 0 Å². The highest BCUT2D eigenvalue weighted by molar-refractivity contribution is 7.47. The Bertz CT molecular complexity index is 1670. The van der Waals surface area contributed by atoms with Crippen molar-refractivity contribution in [3.05, 3.63) is 97.2 Å². The molecule has 0 radical (unpaired) electrons. The van der Waals surface area contributed by atoms with Crippen LogP contribution >= 0.6 is 7.82 Å². The molecule has 0 aliphatic carbocycles. The number of rotatable bonds is 64. The maximum Gasteiger partial charge on any atom is 0.472 e. The predicted molar refractivity (Wildman–Crippen MR) is 364 cm³/mol. The molecule has 482 valence electrons.